The zero-order valence-electron chi connectivity index (χ0n) is 16.7. The van der Waals surface area contributed by atoms with Gasteiger partial charge in [0.1, 0.15) is 17.4 Å². The molecule has 2 N–H and O–H groups in total. The quantitative estimate of drug-likeness (QED) is 0.543. The van der Waals surface area contributed by atoms with Crippen molar-refractivity contribution in [2.24, 2.45) is 0 Å². The van der Waals surface area contributed by atoms with Gasteiger partial charge in [-0.3, -0.25) is 4.79 Å². The van der Waals surface area contributed by atoms with Crippen LogP contribution in [-0.4, -0.2) is 59.8 Å². The van der Waals surface area contributed by atoms with Gasteiger partial charge in [0.05, 0.1) is 11.5 Å². The van der Waals surface area contributed by atoms with E-state index in [4.69, 9.17) is 4.74 Å². The summed E-state index contributed by atoms with van der Waals surface area (Å²) in [6.45, 7) is 5.37. The molecule has 1 amide bonds. The van der Waals surface area contributed by atoms with Gasteiger partial charge in [-0.2, -0.15) is 0 Å². The topological polar surface area (TPSA) is 53.6 Å². The lowest BCUT2D eigenvalue weighted by Crippen LogP contribution is -2.49. The fourth-order valence-electron chi connectivity index (χ4n) is 3.83. The minimum atomic E-state index is -0.472. The van der Waals surface area contributed by atoms with E-state index in [1.54, 1.807) is 11.8 Å². The summed E-state index contributed by atoms with van der Waals surface area (Å²) >= 11 is 1.78. The third-order valence-electron chi connectivity index (χ3n) is 5.32. The number of hydrogen-bond donors (Lipinski definition) is 2. The number of allylic oxidation sites excluding steroid dienone is 1. The maximum atomic E-state index is 14.7. The number of nitrogens with one attached hydrogen (secondary N) is 2. The van der Waals surface area contributed by atoms with Crippen LogP contribution in [0.3, 0.4) is 0 Å². The Morgan fingerprint density at radius 1 is 1.36 bits per heavy atom. The number of thioether (sulfide) groups is 1. The van der Waals surface area contributed by atoms with Gasteiger partial charge in [0.25, 0.3) is 0 Å². The van der Waals surface area contributed by atoms with Crippen LogP contribution in [0.1, 0.15) is 46.0 Å². The molecule has 1 aliphatic carbocycles. The van der Waals surface area contributed by atoms with E-state index in [1.807, 2.05) is 18.7 Å². The second kappa shape index (κ2) is 10.1. The summed E-state index contributed by atoms with van der Waals surface area (Å²) in [5.74, 6) is 0.103. The van der Waals surface area contributed by atoms with Gasteiger partial charge in [-0.25, -0.2) is 8.78 Å². The van der Waals surface area contributed by atoms with E-state index in [2.05, 4.69) is 10.6 Å². The Kier molecular flexibility index (Phi) is 7.77. The van der Waals surface area contributed by atoms with Crippen molar-refractivity contribution < 1.29 is 18.3 Å². The van der Waals surface area contributed by atoms with E-state index in [0.717, 1.165) is 25.0 Å². The summed E-state index contributed by atoms with van der Waals surface area (Å²) in [6.07, 6.45) is 4.57. The number of rotatable bonds is 11. The van der Waals surface area contributed by atoms with Crippen molar-refractivity contribution >= 4 is 17.7 Å². The van der Waals surface area contributed by atoms with Crippen LogP contribution in [0.15, 0.2) is 23.4 Å². The fraction of sp³-hybridized carbons (Fsp3) is 0.750. The molecular formula is C20H31F2N3O2S. The summed E-state index contributed by atoms with van der Waals surface area (Å²) in [4.78, 5) is 13.6. The molecule has 28 heavy (non-hydrogen) atoms. The standard InChI is InChI=1S/C20H31F2N3O2S/c1-3-5-18(26)24-11-15(27-6-4-2)10-23-13-7-16(21)20(17(22)8-13)25-14-9-19(25)28-12-14/h7,13-15,19,23H,3-6,8-12H2,1-2H3,(H,24,26)/t13?,14?,15-,19?/m1/s1. The first-order valence-corrected chi connectivity index (χ1v) is 11.4. The number of halogens is 2. The molecule has 3 heterocycles. The number of nitrogens with zero attached hydrogens (tertiary/aromatic N) is 1. The fourth-order valence-corrected chi connectivity index (χ4v) is 5.37. The summed E-state index contributed by atoms with van der Waals surface area (Å²) in [5, 5.41) is 6.29. The average molecular weight is 416 g/mol. The van der Waals surface area contributed by atoms with Gasteiger partial charge in [-0.05, 0) is 25.3 Å². The predicted octanol–water partition coefficient (Wildman–Crippen LogP) is 3.24. The summed E-state index contributed by atoms with van der Waals surface area (Å²) in [6, 6.07) is -0.132. The number of fused-ring (bicyclic) bond motifs is 1. The van der Waals surface area contributed by atoms with Crippen molar-refractivity contribution in [1.29, 1.82) is 0 Å². The molecule has 3 fully saturated rings. The zero-order valence-corrected chi connectivity index (χ0v) is 17.5. The van der Waals surface area contributed by atoms with Crippen molar-refractivity contribution in [3.63, 3.8) is 0 Å². The molecule has 3 aliphatic heterocycles. The summed E-state index contributed by atoms with van der Waals surface area (Å²) in [5.41, 5.74) is 0.162. The Morgan fingerprint density at radius 3 is 2.79 bits per heavy atom. The van der Waals surface area contributed by atoms with Crippen molar-refractivity contribution in [2.45, 2.75) is 69.5 Å². The third kappa shape index (κ3) is 5.07. The molecule has 4 aliphatic rings. The second-order valence-corrected chi connectivity index (χ2v) is 8.83. The average Bonchev–Trinajstić information content (AvgIpc) is 3.29. The summed E-state index contributed by atoms with van der Waals surface area (Å²) < 4.78 is 35.1. The SMILES string of the molecule is CCCO[C@@H](CNC(=O)CCC)CNC1C=C(F)C(N2C3CSC2C3)=C(F)C1. The molecule has 0 saturated carbocycles. The molecule has 0 radical (unpaired) electrons. The zero-order chi connectivity index (χ0) is 20.1. The van der Waals surface area contributed by atoms with Crippen LogP contribution in [0.4, 0.5) is 8.78 Å². The van der Waals surface area contributed by atoms with Crippen molar-refractivity contribution in [3.05, 3.63) is 23.4 Å². The van der Waals surface area contributed by atoms with Gasteiger partial charge in [-0.1, -0.05) is 13.8 Å². The van der Waals surface area contributed by atoms with E-state index in [1.165, 1.54) is 6.08 Å². The van der Waals surface area contributed by atoms with Crippen LogP contribution in [0, 0.1) is 0 Å². The molecule has 0 aromatic heterocycles. The molecule has 3 unspecified atom stereocenters. The van der Waals surface area contributed by atoms with Crippen molar-refractivity contribution in [2.75, 3.05) is 25.4 Å². The Bertz CT molecular complexity index is 615. The van der Waals surface area contributed by atoms with Crippen LogP contribution in [0.5, 0.6) is 0 Å². The lowest BCUT2D eigenvalue weighted by Gasteiger charge is -2.43. The van der Waals surface area contributed by atoms with Crippen molar-refractivity contribution in [1.82, 2.24) is 15.5 Å². The van der Waals surface area contributed by atoms with E-state index in [9.17, 15) is 13.6 Å². The molecule has 0 aromatic carbocycles. The van der Waals surface area contributed by atoms with E-state index in [-0.39, 0.29) is 41.4 Å². The molecule has 0 aromatic rings. The molecule has 5 nitrogen and oxygen atoms in total. The van der Waals surface area contributed by atoms with Gasteiger partial charge in [0.2, 0.25) is 5.91 Å². The predicted molar refractivity (Wildman–Crippen MR) is 108 cm³/mol. The number of carbonyl (C=O) groups is 1. The highest BCUT2D eigenvalue weighted by Crippen LogP contribution is 2.49. The molecule has 0 spiro atoms. The number of carbonyl (C=O) groups excluding carboxylic acids is 1. The van der Waals surface area contributed by atoms with Crippen molar-refractivity contribution in [3.8, 4) is 0 Å². The monoisotopic (exact) mass is 415 g/mol. The Balaban J connectivity index is 1.51. The van der Waals surface area contributed by atoms with Crippen LogP contribution < -0.4 is 10.6 Å². The lowest BCUT2D eigenvalue weighted by atomic mass is 9.98. The largest absolute Gasteiger partial charge is 0.375 e. The number of amides is 1. The molecule has 2 bridgehead atoms. The lowest BCUT2D eigenvalue weighted by molar-refractivity contribution is -0.121. The first-order valence-electron chi connectivity index (χ1n) is 10.3. The minimum absolute atomic E-state index is 0.00290. The highest BCUT2D eigenvalue weighted by Gasteiger charge is 2.48. The molecule has 158 valence electrons. The van der Waals surface area contributed by atoms with Gasteiger partial charge in [-0.15, -0.1) is 11.8 Å². The Hall–Kier alpha value is -1.12. The van der Waals surface area contributed by atoms with Crippen LogP contribution in [0.2, 0.25) is 0 Å². The van der Waals surface area contributed by atoms with E-state index >= 15 is 0 Å². The molecule has 3 saturated heterocycles. The van der Waals surface area contributed by atoms with Crippen LogP contribution in [-0.2, 0) is 9.53 Å². The number of ether oxygens (including phenoxy) is 1. The molecule has 4 rings (SSSR count). The van der Waals surface area contributed by atoms with Gasteiger partial charge in [0.15, 0.2) is 0 Å². The highest BCUT2D eigenvalue weighted by molar-refractivity contribution is 8.00. The first-order chi connectivity index (χ1) is 13.5. The van der Waals surface area contributed by atoms with Gasteiger partial charge >= 0.3 is 0 Å². The molecule has 8 heteroatoms. The third-order valence-corrected chi connectivity index (χ3v) is 6.70. The second-order valence-electron chi connectivity index (χ2n) is 7.62. The first kappa shape index (κ1) is 21.6. The molecule has 4 atom stereocenters. The van der Waals surface area contributed by atoms with Gasteiger partial charge < -0.3 is 20.3 Å². The Morgan fingerprint density at radius 2 is 2.18 bits per heavy atom. The molecular weight excluding hydrogens is 384 g/mol. The highest BCUT2D eigenvalue weighted by atomic mass is 32.2. The minimum Gasteiger partial charge on any atom is -0.375 e. The maximum absolute atomic E-state index is 14.7. The van der Waals surface area contributed by atoms with Crippen LogP contribution >= 0.6 is 11.8 Å². The van der Waals surface area contributed by atoms with E-state index in [0.29, 0.717) is 26.1 Å². The number of hydrogen-bond acceptors (Lipinski definition) is 5. The van der Waals surface area contributed by atoms with Gasteiger partial charge in [0, 0.05) is 50.4 Å². The maximum Gasteiger partial charge on any atom is 0.220 e. The van der Waals surface area contributed by atoms with E-state index < -0.39 is 11.9 Å². The Labute approximate surface area is 170 Å². The summed E-state index contributed by atoms with van der Waals surface area (Å²) in [7, 11) is 0. The van der Waals surface area contributed by atoms with Crippen LogP contribution in [0.25, 0.3) is 0 Å². The normalized spacial score (nSPS) is 27.5. The smallest absolute Gasteiger partial charge is 0.220 e.